The van der Waals surface area contributed by atoms with Crippen LogP contribution in [-0.2, 0) is 0 Å². The number of fused-ring (bicyclic) bond motifs is 9. The molecule has 0 fully saturated rings. The maximum atomic E-state index is 2.55. The normalized spacial score (nSPS) is 12.3. The zero-order chi connectivity index (χ0) is 42.1. The van der Waals surface area contributed by atoms with Crippen LogP contribution in [0.1, 0.15) is 0 Å². The highest BCUT2D eigenvalue weighted by atomic mass is 15.1. The molecule has 0 saturated heterocycles. The summed E-state index contributed by atoms with van der Waals surface area (Å²) in [6.45, 7) is -0.0252. The van der Waals surface area contributed by atoms with Crippen LogP contribution >= 0.6 is 0 Å². The number of rotatable bonds is 6. The van der Waals surface area contributed by atoms with Crippen molar-refractivity contribution >= 4 is 72.8 Å². The standard InChI is InChI=1S/C60H40BN3/c1-3-19-41(20-4-1)46-25-7-8-26-47(46)52-31-18-32-53-54-40-44(62-56-34-14-10-29-50(56)51-30-11-15-35-57(51)62)37-38-58(54)63(60(52)53)43-23-17-24-45(39-43)64-59-36-16-12-28-49(59)48-27-9-13-33-55(48)61(64)42-21-5-2-6-22-42/h1-40H. The molecule has 2 aromatic heterocycles. The van der Waals surface area contributed by atoms with Gasteiger partial charge in [0.05, 0.1) is 22.1 Å². The Kier molecular flexibility index (Phi) is 8.32. The van der Waals surface area contributed by atoms with Crippen LogP contribution < -0.4 is 15.7 Å². The molecule has 0 spiro atoms. The second-order valence-corrected chi connectivity index (χ2v) is 16.8. The first-order chi connectivity index (χ1) is 31.8. The fourth-order valence-electron chi connectivity index (χ4n) is 10.7. The van der Waals surface area contributed by atoms with Gasteiger partial charge in [-0.05, 0) is 82.3 Å². The van der Waals surface area contributed by atoms with Crippen molar-refractivity contribution in [2.75, 3.05) is 4.81 Å². The zero-order valence-corrected chi connectivity index (χ0v) is 35.0. The predicted octanol–water partition coefficient (Wildman–Crippen LogP) is 14.1. The molecule has 13 rings (SSSR count). The molecule has 0 radical (unpaired) electrons. The van der Waals surface area contributed by atoms with E-state index in [9.17, 15) is 0 Å². The molecule has 4 heteroatoms. The number of benzene rings is 10. The van der Waals surface area contributed by atoms with Gasteiger partial charge in [-0.25, -0.2) is 0 Å². The quantitative estimate of drug-likeness (QED) is 0.152. The summed E-state index contributed by atoms with van der Waals surface area (Å²) in [7, 11) is 0. The maximum absolute atomic E-state index is 2.55. The molecule has 10 aromatic carbocycles. The van der Waals surface area contributed by atoms with Crippen LogP contribution in [0.3, 0.4) is 0 Å². The van der Waals surface area contributed by atoms with Crippen molar-refractivity contribution in [1.29, 1.82) is 0 Å². The minimum atomic E-state index is -0.0252. The zero-order valence-electron chi connectivity index (χ0n) is 35.0. The van der Waals surface area contributed by atoms with Gasteiger partial charge >= 0.3 is 6.85 Å². The lowest BCUT2D eigenvalue weighted by Gasteiger charge is -2.39. The Morgan fingerprint density at radius 2 is 0.844 bits per heavy atom. The largest absolute Gasteiger partial charge is 0.376 e. The molecule has 1 aliphatic heterocycles. The molecule has 0 unspecified atom stereocenters. The van der Waals surface area contributed by atoms with Gasteiger partial charge in [-0.15, -0.1) is 0 Å². The summed E-state index contributed by atoms with van der Waals surface area (Å²) < 4.78 is 4.94. The van der Waals surface area contributed by atoms with Crippen LogP contribution in [0.25, 0.3) is 88.4 Å². The fraction of sp³-hybridized carbons (Fsp3) is 0. The second-order valence-electron chi connectivity index (χ2n) is 16.8. The number of hydrogen-bond acceptors (Lipinski definition) is 1. The topological polar surface area (TPSA) is 13.1 Å². The van der Waals surface area contributed by atoms with E-state index in [1.165, 1.54) is 88.1 Å². The van der Waals surface area contributed by atoms with E-state index >= 15 is 0 Å². The molecule has 0 amide bonds. The maximum Gasteiger partial charge on any atom is 0.328 e. The van der Waals surface area contributed by atoms with Gasteiger partial charge in [0.1, 0.15) is 0 Å². The molecular weight excluding hydrogens is 773 g/mol. The molecule has 298 valence electrons. The summed E-state index contributed by atoms with van der Waals surface area (Å²) in [5, 5.41) is 4.93. The molecule has 3 nitrogen and oxygen atoms in total. The van der Waals surface area contributed by atoms with Crippen LogP contribution in [0.2, 0.25) is 0 Å². The molecule has 0 bridgehead atoms. The summed E-state index contributed by atoms with van der Waals surface area (Å²) >= 11 is 0. The molecule has 3 heterocycles. The Morgan fingerprint density at radius 1 is 0.297 bits per heavy atom. The lowest BCUT2D eigenvalue weighted by molar-refractivity contribution is 1.16. The Hall–Kier alpha value is -8.34. The van der Waals surface area contributed by atoms with Crippen LogP contribution in [0.15, 0.2) is 243 Å². The molecule has 0 atom stereocenters. The third-order valence-corrected chi connectivity index (χ3v) is 13.4. The third-order valence-electron chi connectivity index (χ3n) is 13.4. The molecule has 0 N–H and O–H groups in total. The van der Waals surface area contributed by atoms with E-state index in [1.807, 2.05) is 0 Å². The van der Waals surface area contributed by atoms with Gasteiger partial charge in [-0.2, -0.15) is 0 Å². The van der Waals surface area contributed by atoms with E-state index in [2.05, 4.69) is 257 Å². The van der Waals surface area contributed by atoms with Gasteiger partial charge in [-0.3, -0.25) is 0 Å². The number of aromatic nitrogens is 2. The second kappa shape index (κ2) is 14.6. The van der Waals surface area contributed by atoms with E-state index in [0.29, 0.717) is 0 Å². The van der Waals surface area contributed by atoms with E-state index in [1.54, 1.807) is 0 Å². The Balaban J connectivity index is 1.09. The fourth-order valence-corrected chi connectivity index (χ4v) is 10.7. The van der Waals surface area contributed by atoms with Gasteiger partial charge in [0.25, 0.3) is 0 Å². The van der Waals surface area contributed by atoms with Gasteiger partial charge in [0.2, 0.25) is 0 Å². The molecule has 12 aromatic rings. The first-order valence-electron chi connectivity index (χ1n) is 22.1. The predicted molar refractivity (Wildman–Crippen MR) is 271 cm³/mol. The molecule has 64 heavy (non-hydrogen) atoms. The van der Waals surface area contributed by atoms with Gasteiger partial charge < -0.3 is 13.9 Å². The van der Waals surface area contributed by atoms with Crippen molar-refractivity contribution in [3.63, 3.8) is 0 Å². The summed E-state index contributed by atoms with van der Waals surface area (Å²) in [6.07, 6.45) is 0. The van der Waals surface area contributed by atoms with Crippen molar-refractivity contribution < 1.29 is 0 Å². The lowest BCUT2D eigenvalue weighted by atomic mass is 9.46. The van der Waals surface area contributed by atoms with Crippen LogP contribution in [0.4, 0.5) is 11.4 Å². The van der Waals surface area contributed by atoms with Crippen LogP contribution in [-0.4, -0.2) is 16.0 Å². The molecule has 0 saturated carbocycles. The van der Waals surface area contributed by atoms with E-state index in [0.717, 1.165) is 22.6 Å². The summed E-state index contributed by atoms with van der Waals surface area (Å²) in [5.41, 5.74) is 19.2. The summed E-state index contributed by atoms with van der Waals surface area (Å²) in [4.78, 5) is 2.55. The Labute approximate surface area is 372 Å². The minimum absolute atomic E-state index is 0.0252. The summed E-state index contributed by atoms with van der Waals surface area (Å²) in [6, 6.07) is 89.1. The summed E-state index contributed by atoms with van der Waals surface area (Å²) in [5.74, 6) is 0. The average Bonchev–Trinajstić information content (AvgIpc) is 3.89. The average molecular weight is 814 g/mol. The molecule has 1 aliphatic rings. The number of hydrogen-bond donors (Lipinski definition) is 0. The lowest BCUT2D eigenvalue weighted by Crippen LogP contribution is -2.57. The molecular formula is C60H40BN3. The van der Waals surface area contributed by atoms with E-state index in [4.69, 9.17) is 0 Å². The third kappa shape index (κ3) is 5.56. The first kappa shape index (κ1) is 36.3. The van der Waals surface area contributed by atoms with Gasteiger partial charge in [-0.1, -0.05) is 194 Å². The highest BCUT2D eigenvalue weighted by Crippen LogP contribution is 2.45. The van der Waals surface area contributed by atoms with Crippen molar-refractivity contribution in [3.05, 3.63) is 243 Å². The number of nitrogens with zero attached hydrogens (tertiary/aromatic N) is 3. The number of anilines is 2. The van der Waals surface area contributed by atoms with Crippen molar-refractivity contribution in [3.8, 4) is 44.8 Å². The van der Waals surface area contributed by atoms with Crippen molar-refractivity contribution in [2.45, 2.75) is 0 Å². The monoisotopic (exact) mass is 813 g/mol. The van der Waals surface area contributed by atoms with E-state index in [-0.39, 0.29) is 6.85 Å². The molecule has 0 aliphatic carbocycles. The van der Waals surface area contributed by atoms with Gasteiger partial charge in [0, 0.05) is 55.4 Å². The highest BCUT2D eigenvalue weighted by molar-refractivity contribution is 6.90. The SMILES string of the molecule is c1ccc(B2c3ccccc3-c3ccccc3N2c2cccc(-n3c4ccc(-n5c6ccccc6c6ccccc65)cc4c4cccc(-c5ccccc5-c5ccccc5)c43)c2)cc1. The highest BCUT2D eigenvalue weighted by Gasteiger charge is 2.37. The Bertz CT molecular complexity index is 3700. The van der Waals surface area contributed by atoms with Gasteiger partial charge in [0.15, 0.2) is 0 Å². The van der Waals surface area contributed by atoms with Crippen LogP contribution in [0.5, 0.6) is 0 Å². The number of para-hydroxylation sites is 4. The van der Waals surface area contributed by atoms with E-state index < -0.39 is 0 Å². The first-order valence-corrected chi connectivity index (χ1v) is 22.1. The van der Waals surface area contributed by atoms with Crippen molar-refractivity contribution in [1.82, 2.24) is 9.13 Å². The van der Waals surface area contributed by atoms with Crippen molar-refractivity contribution in [2.24, 2.45) is 0 Å². The smallest absolute Gasteiger partial charge is 0.328 e. The van der Waals surface area contributed by atoms with Crippen LogP contribution in [0, 0.1) is 0 Å². The minimum Gasteiger partial charge on any atom is -0.376 e. The Morgan fingerprint density at radius 3 is 1.62 bits per heavy atom.